The highest BCUT2D eigenvalue weighted by Crippen LogP contribution is 2.31. The topological polar surface area (TPSA) is 52.6 Å². The summed E-state index contributed by atoms with van der Waals surface area (Å²) in [5.74, 6) is -0.981. The summed E-state index contributed by atoms with van der Waals surface area (Å²) >= 11 is 3.25. The van der Waals surface area contributed by atoms with Gasteiger partial charge in [-0.2, -0.15) is 0 Å². The number of ether oxygens (including phenoxy) is 2. The van der Waals surface area contributed by atoms with E-state index in [0.717, 1.165) is 0 Å². The SMILES string of the molecule is CCOC(=O)C(CC)(CCBr)C(=O)OCC. The van der Waals surface area contributed by atoms with Gasteiger partial charge in [0.1, 0.15) is 0 Å². The number of rotatable bonds is 7. The molecule has 4 nitrogen and oxygen atoms in total. The van der Waals surface area contributed by atoms with E-state index in [2.05, 4.69) is 15.9 Å². The predicted octanol–water partition coefficient (Wildman–Crippen LogP) is 2.29. The molecule has 0 heterocycles. The van der Waals surface area contributed by atoms with Crippen LogP contribution in [0.1, 0.15) is 33.6 Å². The second-order valence-corrected chi connectivity index (χ2v) is 4.11. The van der Waals surface area contributed by atoms with Crippen molar-refractivity contribution in [2.24, 2.45) is 5.41 Å². The third-order valence-corrected chi connectivity index (χ3v) is 2.85. The molecule has 0 fully saturated rings. The molecule has 16 heavy (non-hydrogen) atoms. The Balaban J connectivity index is 4.97. The third-order valence-electron chi connectivity index (χ3n) is 2.46. The smallest absolute Gasteiger partial charge is 0.323 e. The number of carbonyl (C=O) groups is 2. The van der Waals surface area contributed by atoms with Crippen LogP contribution in [0.2, 0.25) is 0 Å². The van der Waals surface area contributed by atoms with Gasteiger partial charge in [0.25, 0.3) is 0 Å². The van der Waals surface area contributed by atoms with Crippen molar-refractivity contribution in [3.05, 3.63) is 0 Å². The molecule has 0 saturated heterocycles. The minimum atomic E-state index is -1.16. The van der Waals surface area contributed by atoms with Gasteiger partial charge in [0.05, 0.1) is 13.2 Å². The van der Waals surface area contributed by atoms with Crippen molar-refractivity contribution in [3.8, 4) is 0 Å². The summed E-state index contributed by atoms with van der Waals surface area (Å²) < 4.78 is 9.92. The summed E-state index contributed by atoms with van der Waals surface area (Å²) in [4.78, 5) is 23.7. The fourth-order valence-electron chi connectivity index (χ4n) is 1.45. The Morgan fingerprint density at radius 1 is 1.06 bits per heavy atom. The van der Waals surface area contributed by atoms with Crippen LogP contribution in [0.15, 0.2) is 0 Å². The number of carbonyl (C=O) groups excluding carboxylic acids is 2. The van der Waals surface area contributed by atoms with Gasteiger partial charge in [-0.15, -0.1) is 0 Å². The van der Waals surface area contributed by atoms with Gasteiger partial charge in [-0.25, -0.2) is 0 Å². The third kappa shape index (κ3) is 3.47. The molecule has 0 aliphatic carbocycles. The maximum Gasteiger partial charge on any atom is 0.323 e. The lowest BCUT2D eigenvalue weighted by molar-refractivity contribution is -0.172. The molecule has 0 radical (unpaired) electrons. The molecule has 0 aromatic carbocycles. The van der Waals surface area contributed by atoms with Gasteiger partial charge in [0.2, 0.25) is 0 Å². The number of alkyl halides is 1. The largest absolute Gasteiger partial charge is 0.465 e. The fraction of sp³-hybridized carbons (Fsp3) is 0.818. The molecule has 0 aromatic rings. The van der Waals surface area contributed by atoms with E-state index in [1.807, 2.05) is 0 Å². The van der Waals surface area contributed by atoms with Crippen molar-refractivity contribution in [3.63, 3.8) is 0 Å². The van der Waals surface area contributed by atoms with Crippen LogP contribution in [0.25, 0.3) is 0 Å². The Hall–Kier alpha value is -0.580. The Labute approximate surface area is 105 Å². The van der Waals surface area contributed by atoms with Gasteiger partial charge in [-0.05, 0) is 26.7 Å². The molecule has 0 amide bonds. The van der Waals surface area contributed by atoms with Crippen molar-refractivity contribution in [2.75, 3.05) is 18.5 Å². The molecule has 94 valence electrons. The number of hydrogen-bond donors (Lipinski definition) is 0. The normalized spacial score (nSPS) is 11.0. The lowest BCUT2D eigenvalue weighted by atomic mass is 9.82. The first-order chi connectivity index (χ1) is 7.58. The number of halogens is 1. The van der Waals surface area contributed by atoms with E-state index in [4.69, 9.17) is 9.47 Å². The molecule has 0 rings (SSSR count). The average Bonchev–Trinajstić information content (AvgIpc) is 2.26. The summed E-state index contributed by atoms with van der Waals surface area (Å²) in [5.41, 5.74) is -1.16. The Bertz CT molecular complexity index is 222. The van der Waals surface area contributed by atoms with Gasteiger partial charge in [0.15, 0.2) is 5.41 Å². The molecule has 0 aromatic heterocycles. The molecular formula is C11H19BrO4. The van der Waals surface area contributed by atoms with Gasteiger partial charge in [0, 0.05) is 5.33 Å². The minimum absolute atomic E-state index is 0.266. The van der Waals surface area contributed by atoms with E-state index in [1.165, 1.54) is 0 Å². The van der Waals surface area contributed by atoms with E-state index in [1.54, 1.807) is 20.8 Å². The average molecular weight is 295 g/mol. The Morgan fingerprint density at radius 2 is 1.50 bits per heavy atom. The second kappa shape index (κ2) is 7.65. The summed E-state index contributed by atoms with van der Waals surface area (Å²) in [7, 11) is 0. The van der Waals surface area contributed by atoms with Gasteiger partial charge < -0.3 is 9.47 Å². The van der Waals surface area contributed by atoms with E-state index >= 15 is 0 Å². The molecule has 0 saturated carbocycles. The van der Waals surface area contributed by atoms with Crippen LogP contribution in [-0.4, -0.2) is 30.5 Å². The van der Waals surface area contributed by atoms with Gasteiger partial charge in [-0.3, -0.25) is 9.59 Å². The maximum atomic E-state index is 11.9. The first-order valence-electron chi connectivity index (χ1n) is 5.49. The van der Waals surface area contributed by atoms with E-state index in [-0.39, 0.29) is 13.2 Å². The molecule has 0 spiro atoms. The first-order valence-corrected chi connectivity index (χ1v) is 6.61. The summed E-state index contributed by atoms with van der Waals surface area (Å²) in [6.45, 7) is 5.76. The van der Waals surface area contributed by atoms with Crippen molar-refractivity contribution < 1.29 is 19.1 Å². The second-order valence-electron chi connectivity index (χ2n) is 3.32. The standard InChI is InChI=1S/C11H19BrO4/c1-4-11(7-8-12,9(13)15-5-2)10(14)16-6-3/h4-8H2,1-3H3. The van der Waals surface area contributed by atoms with Crippen LogP contribution in [0.4, 0.5) is 0 Å². The summed E-state index contributed by atoms with van der Waals surface area (Å²) in [6, 6.07) is 0. The number of esters is 2. The Morgan fingerprint density at radius 3 is 1.75 bits per heavy atom. The van der Waals surface area contributed by atoms with Crippen LogP contribution in [0, 0.1) is 5.41 Å². The Kier molecular flexibility index (Phi) is 7.38. The molecule has 5 heteroatoms. The van der Waals surface area contributed by atoms with E-state index in [9.17, 15) is 9.59 Å². The van der Waals surface area contributed by atoms with Crippen LogP contribution >= 0.6 is 15.9 Å². The van der Waals surface area contributed by atoms with Crippen molar-refractivity contribution >= 4 is 27.9 Å². The van der Waals surface area contributed by atoms with Crippen LogP contribution in [-0.2, 0) is 19.1 Å². The van der Waals surface area contributed by atoms with E-state index in [0.29, 0.717) is 18.2 Å². The summed E-state index contributed by atoms with van der Waals surface area (Å²) in [6.07, 6.45) is 0.775. The van der Waals surface area contributed by atoms with Crippen LogP contribution in [0.5, 0.6) is 0 Å². The van der Waals surface area contributed by atoms with Crippen LogP contribution in [0.3, 0.4) is 0 Å². The lowest BCUT2D eigenvalue weighted by Gasteiger charge is -2.27. The van der Waals surface area contributed by atoms with E-state index < -0.39 is 17.4 Å². The lowest BCUT2D eigenvalue weighted by Crippen LogP contribution is -2.42. The zero-order valence-electron chi connectivity index (χ0n) is 10.0. The molecule has 0 atom stereocenters. The quantitative estimate of drug-likeness (QED) is 0.411. The highest BCUT2D eigenvalue weighted by Gasteiger charge is 2.46. The van der Waals surface area contributed by atoms with Crippen molar-refractivity contribution in [2.45, 2.75) is 33.6 Å². The van der Waals surface area contributed by atoms with Gasteiger partial charge >= 0.3 is 11.9 Å². The van der Waals surface area contributed by atoms with Crippen LogP contribution < -0.4 is 0 Å². The first kappa shape index (κ1) is 15.4. The zero-order valence-corrected chi connectivity index (χ0v) is 11.6. The zero-order chi connectivity index (χ0) is 12.6. The highest BCUT2D eigenvalue weighted by atomic mass is 79.9. The monoisotopic (exact) mass is 294 g/mol. The highest BCUT2D eigenvalue weighted by molar-refractivity contribution is 9.09. The molecule has 0 aliphatic heterocycles. The molecule has 0 unspecified atom stereocenters. The maximum absolute atomic E-state index is 11.9. The molecular weight excluding hydrogens is 276 g/mol. The van der Waals surface area contributed by atoms with Gasteiger partial charge in [-0.1, -0.05) is 22.9 Å². The fourth-order valence-corrected chi connectivity index (χ4v) is 2.13. The molecule has 0 aliphatic rings. The molecule has 0 bridgehead atoms. The van der Waals surface area contributed by atoms with Crippen molar-refractivity contribution in [1.82, 2.24) is 0 Å². The number of hydrogen-bond acceptors (Lipinski definition) is 4. The molecule has 0 N–H and O–H groups in total. The predicted molar refractivity (Wildman–Crippen MR) is 64.4 cm³/mol. The van der Waals surface area contributed by atoms with Crippen molar-refractivity contribution in [1.29, 1.82) is 0 Å². The minimum Gasteiger partial charge on any atom is -0.465 e. The summed E-state index contributed by atoms with van der Waals surface area (Å²) in [5, 5.41) is 0.554.